The minimum Gasteiger partial charge on any atom is -0.352 e. The molecular formula is C12H23N3O. The third-order valence-corrected chi connectivity index (χ3v) is 3.59. The second kappa shape index (κ2) is 5.64. The van der Waals surface area contributed by atoms with Crippen LogP contribution in [-0.4, -0.2) is 49.6 Å². The number of nitrogens with one attached hydrogen (secondary N) is 2. The van der Waals surface area contributed by atoms with E-state index in [0.717, 1.165) is 38.5 Å². The van der Waals surface area contributed by atoms with Gasteiger partial charge in [-0.05, 0) is 31.8 Å². The van der Waals surface area contributed by atoms with Crippen molar-refractivity contribution in [3.05, 3.63) is 0 Å². The van der Waals surface area contributed by atoms with Crippen molar-refractivity contribution in [2.75, 3.05) is 32.7 Å². The molecule has 2 rings (SSSR count). The number of carbonyl (C=O) groups excluding carboxylic acids is 1. The molecule has 1 heterocycles. The molecule has 16 heavy (non-hydrogen) atoms. The molecule has 1 aliphatic carbocycles. The molecule has 2 aliphatic rings. The Balaban J connectivity index is 1.66. The Kier molecular flexibility index (Phi) is 4.18. The van der Waals surface area contributed by atoms with Crippen LogP contribution in [0.15, 0.2) is 0 Å². The van der Waals surface area contributed by atoms with Gasteiger partial charge in [-0.1, -0.05) is 13.3 Å². The van der Waals surface area contributed by atoms with Gasteiger partial charge in [-0.25, -0.2) is 0 Å². The monoisotopic (exact) mass is 225 g/mol. The maximum Gasteiger partial charge on any atom is 0.234 e. The van der Waals surface area contributed by atoms with Gasteiger partial charge in [0.05, 0.1) is 6.54 Å². The van der Waals surface area contributed by atoms with Gasteiger partial charge in [0.2, 0.25) is 5.91 Å². The molecule has 2 unspecified atom stereocenters. The minimum absolute atomic E-state index is 0.211. The fraction of sp³-hybridized carbons (Fsp3) is 0.917. The zero-order valence-corrected chi connectivity index (χ0v) is 10.2. The number of nitrogens with zero attached hydrogens (tertiary/aromatic N) is 1. The van der Waals surface area contributed by atoms with Gasteiger partial charge in [-0.15, -0.1) is 0 Å². The lowest BCUT2D eigenvalue weighted by Crippen LogP contribution is -2.40. The molecule has 1 saturated carbocycles. The van der Waals surface area contributed by atoms with E-state index in [1.807, 2.05) is 0 Å². The summed E-state index contributed by atoms with van der Waals surface area (Å²) in [7, 11) is 0. The Morgan fingerprint density at radius 2 is 2.31 bits per heavy atom. The van der Waals surface area contributed by atoms with Crippen molar-refractivity contribution in [1.29, 1.82) is 0 Å². The molecule has 4 heteroatoms. The van der Waals surface area contributed by atoms with Gasteiger partial charge in [0, 0.05) is 19.1 Å². The first-order valence-corrected chi connectivity index (χ1v) is 6.52. The van der Waals surface area contributed by atoms with Crippen molar-refractivity contribution < 1.29 is 4.79 Å². The molecule has 1 saturated heterocycles. The van der Waals surface area contributed by atoms with Crippen molar-refractivity contribution in [1.82, 2.24) is 15.5 Å². The quantitative estimate of drug-likeness (QED) is 0.718. The van der Waals surface area contributed by atoms with Gasteiger partial charge < -0.3 is 10.6 Å². The summed E-state index contributed by atoms with van der Waals surface area (Å²) in [4.78, 5) is 14.0. The second-order valence-corrected chi connectivity index (χ2v) is 4.96. The molecule has 92 valence electrons. The number of hydrogen-bond acceptors (Lipinski definition) is 3. The van der Waals surface area contributed by atoms with E-state index >= 15 is 0 Å². The molecule has 1 aliphatic heterocycles. The van der Waals surface area contributed by atoms with E-state index in [-0.39, 0.29) is 5.91 Å². The van der Waals surface area contributed by atoms with E-state index in [1.165, 1.54) is 12.8 Å². The fourth-order valence-electron chi connectivity index (χ4n) is 2.39. The Morgan fingerprint density at radius 3 is 3.06 bits per heavy atom. The zero-order chi connectivity index (χ0) is 11.4. The van der Waals surface area contributed by atoms with E-state index < -0.39 is 0 Å². The zero-order valence-electron chi connectivity index (χ0n) is 10.2. The van der Waals surface area contributed by atoms with Crippen LogP contribution in [0.1, 0.15) is 26.2 Å². The molecule has 1 amide bonds. The third-order valence-electron chi connectivity index (χ3n) is 3.59. The molecular weight excluding hydrogens is 202 g/mol. The molecule has 0 radical (unpaired) electrons. The molecule has 2 atom stereocenters. The van der Waals surface area contributed by atoms with Crippen LogP contribution in [0.4, 0.5) is 0 Å². The molecule has 0 aromatic heterocycles. The Hall–Kier alpha value is -0.610. The average molecular weight is 225 g/mol. The van der Waals surface area contributed by atoms with Gasteiger partial charge in [-0.3, -0.25) is 9.69 Å². The lowest BCUT2D eigenvalue weighted by molar-refractivity contribution is -0.122. The van der Waals surface area contributed by atoms with Crippen LogP contribution in [0.25, 0.3) is 0 Å². The molecule has 2 N–H and O–H groups in total. The van der Waals surface area contributed by atoms with Crippen LogP contribution in [0.5, 0.6) is 0 Å². The number of rotatable bonds is 4. The lowest BCUT2D eigenvalue weighted by atomic mass is 10.3. The van der Waals surface area contributed by atoms with Crippen molar-refractivity contribution in [3.8, 4) is 0 Å². The summed E-state index contributed by atoms with van der Waals surface area (Å²) >= 11 is 0. The Labute approximate surface area is 97.8 Å². The summed E-state index contributed by atoms with van der Waals surface area (Å²) in [6.07, 6.45) is 3.52. The summed E-state index contributed by atoms with van der Waals surface area (Å²) in [6.45, 7) is 6.90. The van der Waals surface area contributed by atoms with Crippen molar-refractivity contribution in [2.24, 2.45) is 5.92 Å². The van der Waals surface area contributed by atoms with Gasteiger partial charge >= 0.3 is 0 Å². The van der Waals surface area contributed by atoms with Crippen molar-refractivity contribution >= 4 is 5.91 Å². The number of amides is 1. The average Bonchev–Trinajstić information content (AvgIpc) is 3.02. The van der Waals surface area contributed by atoms with Crippen LogP contribution < -0.4 is 10.6 Å². The third kappa shape index (κ3) is 3.46. The number of hydrogen-bond donors (Lipinski definition) is 2. The van der Waals surface area contributed by atoms with Crippen LogP contribution in [0.2, 0.25) is 0 Å². The summed E-state index contributed by atoms with van der Waals surface area (Å²) in [6, 6.07) is 0.475. The topological polar surface area (TPSA) is 44.4 Å². The van der Waals surface area contributed by atoms with E-state index in [2.05, 4.69) is 22.5 Å². The van der Waals surface area contributed by atoms with Crippen LogP contribution in [0, 0.1) is 5.92 Å². The lowest BCUT2D eigenvalue weighted by Gasteiger charge is -2.18. The molecule has 0 spiro atoms. The highest BCUT2D eigenvalue weighted by molar-refractivity contribution is 5.78. The number of carbonyl (C=O) groups is 1. The van der Waals surface area contributed by atoms with Crippen LogP contribution in [0.3, 0.4) is 0 Å². The normalized spacial score (nSPS) is 30.8. The first-order valence-electron chi connectivity index (χ1n) is 6.52. The highest BCUT2D eigenvalue weighted by atomic mass is 16.2. The first kappa shape index (κ1) is 11.9. The van der Waals surface area contributed by atoms with Crippen molar-refractivity contribution in [3.63, 3.8) is 0 Å². The second-order valence-electron chi connectivity index (χ2n) is 4.96. The summed E-state index contributed by atoms with van der Waals surface area (Å²) in [5, 5.41) is 6.47. The maximum absolute atomic E-state index is 11.8. The largest absolute Gasteiger partial charge is 0.352 e. The minimum atomic E-state index is 0.211. The SMILES string of the molecule is CCC1CC1NC(=O)CN1CCCNCC1. The molecule has 2 fully saturated rings. The van der Waals surface area contributed by atoms with Crippen LogP contribution >= 0.6 is 0 Å². The van der Waals surface area contributed by atoms with Gasteiger partial charge in [0.1, 0.15) is 0 Å². The van der Waals surface area contributed by atoms with E-state index in [4.69, 9.17) is 0 Å². The van der Waals surface area contributed by atoms with Crippen molar-refractivity contribution in [2.45, 2.75) is 32.2 Å². The maximum atomic E-state index is 11.8. The molecule has 0 bridgehead atoms. The van der Waals surface area contributed by atoms with Crippen LogP contribution in [-0.2, 0) is 4.79 Å². The Bertz CT molecular complexity index is 236. The summed E-state index contributed by atoms with van der Waals surface area (Å²) < 4.78 is 0. The smallest absolute Gasteiger partial charge is 0.234 e. The highest BCUT2D eigenvalue weighted by Gasteiger charge is 2.36. The van der Waals surface area contributed by atoms with E-state index in [9.17, 15) is 4.79 Å². The van der Waals surface area contributed by atoms with Gasteiger partial charge in [0.25, 0.3) is 0 Å². The predicted octanol–water partition coefficient (Wildman–Crippen LogP) is 0.196. The van der Waals surface area contributed by atoms with E-state index in [1.54, 1.807) is 0 Å². The molecule has 0 aromatic rings. The molecule has 4 nitrogen and oxygen atoms in total. The van der Waals surface area contributed by atoms with E-state index in [0.29, 0.717) is 12.6 Å². The predicted molar refractivity (Wildman–Crippen MR) is 64.3 cm³/mol. The highest BCUT2D eigenvalue weighted by Crippen LogP contribution is 2.32. The van der Waals surface area contributed by atoms with Gasteiger partial charge in [-0.2, -0.15) is 0 Å². The van der Waals surface area contributed by atoms with Gasteiger partial charge in [0.15, 0.2) is 0 Å². The summed E-state index contributed by atoms with van der Waals surface area (Å²) in [5.41, 5.74) is 0. The molecule has 0 aromatic carbocycles. The fourth-order valence-corrected chi connectivity index (χ4v) is 2.39. The first-order chi connectivity index (χ1) is 7.79. The standard InChI is InChI=1S/C12H23N3O/c1-2-10-8-11(10)14-12(16)9-15-6-3-4-13-5-7-15/h10-11,13H,2-9H2,1H3,(H,14,16). The Morgan fingerprint density at radius 1 is 1.44 bits per heavy atom. The summed E-state index contributed by atoms with van der Waals surface area (Å²) in [5.74, 6) is 0.956.